The molecule has 7 heteroatoms. The van der Waals surface area contributed by atoms with E-state index in [0.29, 0.717) is 22.7 Å². The minimum absolute atomic E-state index is 0.373. The van der Waals surface area contributed by atoms with E-state index >= 15 is 0 Å². The van der Waals surface area contributed by atoms with Crippen LogP contribution < -0.4 is 14.5 Å². The van der Waals surface area contributed by atoms with Crippen molar-refractivity contribution in [3.05, 3.63) is 76.9 Å². The highest BCUT2D eigenvalue weighted by Crippen LogP contribution is 2.57. The first-order valence-electron chi connectivity index (χ1n) is 12.4. The van der Waals surface area contributed by atoms with Gasteiger partial charge in [-0.25, -0.2) is 4.79 Å². The number of carbonyl (C=O) groups is 1. The van der Waals surface area contributed by atoms with Gasteiger partial charge in [-0.05, 0) is 82.4 Å². The lowest BCUT2D eigenvalue weighted by Gasteiger charge is -2.38. The average Bonchev–Trinajstić information content (AvgIpc) is 3.17. The van der Waals surface area contributed by atoms with Crippen LogP contribution in [0.25, 0.3) is 0 Å². The molecule has 0 saturated heterocycles. The van der Waals surface area contributed by atoms with Crippen molar-refractivity contribution in [3.8, 4) is 11.5 Å². The summed E-state index contributed by atoms with van der Waals surface area (Å²) in [5.74, 6) is 0.975. The van der Waals surface area contributed by atoms with Crippen LogP contribution in [0, 0.1) is 0 Å². The summed E-state index contributed by atoms with van der Waals surface area (Å²) in [6, 6.07) is 17.6. The molecule has 184 valence electrons. The molecular formula is C29H29N3O3S. The monoisotopic (exact) mass is 499 g/mol. The molecular weight excluding hydrogens is 470 g/mol. The highest BCUT2D eigenvalue weighted by molar-refractivity contribution is 7.78. The standard InChI is InChI=1S/C29H29N3O3S/c1-5-31(6-2)20-10-13-23-26(16-20)34-27-17-21(32(7-3)8-4)11-14-24(27)29(23)25-15-19(30-18-36)9-12-22(25)28(33)35-29/h9-17H,5-8H2,1-4H3. The lowest BCUT2D eigenvalue weighted by Crippen LogP contribution is -2.33. The zero-order valence-electron chi connectivity index (χ0n) is 21.0. The smallest absolute Gasteiger partial charge is 0.340 e. The fraction of sp³-hybridized carbons (Fsp3) is 0.310. The molecule has 0 unspecified atom stereocenters. The van der Waals surface area contributed by atoms with Gasteiger partial charge in [-0.15, -0.1) is 0 Å². The SMILES string of the molecule is CCN(CC)c1ccc2c(c1)Oc1cc(N(CC)CC)ccc1C21OC(=O)c2ccc(N=C=S)cc21. The molecule has 1 spiro atoms. The molecule has 0 aliphatic carbocycles. The number of carbonyl (C=O) groups excluding carboxylic acids is 1. The third-order valence-electron chi connectivity index (χ3n) is 7.19. The van der Waals surface area contributed by atoms with E-state index in [-0.39, 0.29) is 5.97 Å². The lowest BCUT2D eigenvalue weighted by atomic mass is 9.77. The van der Waals surface area contributed by atoms with E-state index in [9.17, 15) is 4.79 Å². The molecule has 0 bridgehead atoms. The number of benzene rings is 3. The highest BCUT2D eigenvalue weighted by atomic mass is 32.1. The number of fused-ring (bicyclic) bond motifs is 6. The average molecular weight is 500 g/mol. The molecule has 3 aromatic carbocycles. The number of isothiocyanates is 1. The fourth-order valence-electron chi connectivity index (χ4n) is 5.38. The van der Waals surface area contributed by atoms with Crippen LogP contribution in [-0.4, -0.2) is 37.3 Å². The normalized spacial score (nSPS) is 14.2. The Morgan fingerprint density at radius 3 is 1.86 bits per heavy atom. The number of nitrogens with zero attached hydrogens (tertiary/aromatic N) is 3. The van der Waals surface area contributed by atoms with E-state index in [2.05, 4.69) is 59.8 Å². The topological polar surface area (TPSA) is 54.4 Å². The van der Waals surface area contributed by atoms with Crippen LogP contribution in [0.1, 0.15) is 54.7 Å². The van der Waals surface area contributed by atoms with Crippen LogP contribution in [-0.2, 0) is 10.3 Å². The van der Waals surface area contributed by atoms with Crippen LogP contribution >= 0.6 is 12.2 Å². The van der Waals surface area contributed by atoms with Gasteiger partial charge in [0.25, 0.3) is 0 Å². The van der Waals surface area contributed by atoms with Gasteiger partial charge in [0.1, 0.15) is 11.5 Å². The zero-order valence-corrected chi connectivity index (χ0v) is 21.8. The first-order chi connectivity index (χ1) is 17.5. The van der Waals surface area contributed by atoms with Crippen molar-refractivity contribution in [2.24, 2.45) is 4.99 Å². The number of esters is 1. The molecule has 2 aliphatic heterocycles. The molecule has 0 saturated carbocycles. The van der Waals surface area contributed by atoms with Crippen molar-refractivity contribution in [3.63, 3.8) is 0 Å². The van der Waals surface area contributed by atoms with Crippen molar-refractivity contribution in [1.82, 2.24) is 0 Å². The minimum Gasteiger partial charge on any atom is -0.456 e. The largest absolute Gasteiger partial charge is 0.456 e. The highest BCUT2D eigenvalue weighted by Gasteiger charge is 2.53. The number of rotatable bonds is 7. The van der Waals surface area contributed by atoms with E-state index in [1.165, 1.54) is 0 Å². The second-order valence-corrected chi connectivity index (χ2v) is 8.99. The summed E-state index contributed by atoms with van der Waals surface area (Å²) in [6.45, 7) is 12.0. The minimum atomic E-state index is -1.15. The summed E-state index contributed by atoms with van der Waals surface area (Å²) >= 11 is 4.84. The molecule has 6 nitrogen and oxygen atoms in total. The number of ether oxygens (including phenoxy) is 2. The van der Waals surface area contributed by atoms with Crippen LogP contribution in [0.4, 0.5) is 17.1 Å². The number of hydrogen-bond donors (Lipinski definition) is 0. The Bertz CT molecular complexity index is 1330. The summed E-state index contributed by atoms with van der Waals surface area (Å²) in [4.78, 5) is 21.9. The van der Waals surface area contributed by atoms with Gasteiger partial charge in [-0.3, -0.25) is 0 Å². The van der Waals surface area contributed by atoms with Crippen molar-refractivity contribution in [1.29, 1.82) is 0 Å². The van der Waals surface area contributed by atoms with Crippen LogP contribution in [0.3, 0.4) is 0 Å². The molecule has 0 atom stereocenters. The fourth-order valence-corrected chi connectivity index (χ4v) is 5.49. The van der Waals surface area contributed by atoms with Gasteiger partial charge >= 0.3 is 5.97 Å². The predicted octanol–water partition coefficient (Wildman–Crippen LogP) is 6.68. The van der Waals surface area contributed by atoms with Gasteiger partial charge in [0, 0.05) is 66.4 Å². The van der Waals surface area contributed by atoms with Crippen LogP contribution in [0.5, 0.6) is 11.5 Å². The number of hydrogen-bond acceptors (Lipinski definition) is 7. The Hall–Kier alpha value is -3.67. The molecule has 0 radical (unpaired) electrons. The second-order valence-electron chi connectivity index (χ2n) is 8.81. The van der Waals surface area contributed by atoms with Crippen molar-refractivity contribution >= 4 is 40.4 Å². The van der Waals surface area contributed by atoms with E-state index in [4.69, 9.17) is 21.7 Å². The zero-order chi connectivity index (χ0) is 25.4. The molecule has 0 fully saturated rings. The first-order valence-corrected chi connectivity index (χ1v) is 12.8. The molecule has 3 aromatic rings. The molecule has 0 amide bonds. The molecule has 5 rings (SSSR count). The van der Waals surface area contributed by atoms with Gasteiger partial charge in [0.15, 0.2) is 5.60 Å². The van der Waals surface area contributed by atoms with E-state index < -0.39 is 5.60 Å². The van der Waals surface area contributed by atoms with Gasteiger partial charge < -0.3 is 19.3 Å². The number of thiocarbonyl (C=S) groups is 1. The maximum Gasteiger partial charge on any atom is 0.340 e. The predicted molar refractivity (Wildman–Crippen MR) is 147 cm³/mol. The van der Waals surface area contributed by atoms with Crippen molar-refractivity contribution in [2.75, 3.05) is 36.0 Å². The lowest BCUT2D eigenvalue weighted by molar-refractivity contribution is 0.0224. The van der Waals surface area contributed by atoms with Crippen molar-refractivity contribution in [2.45, 2.75) is 33.3 Å². The maximum absolute atomic E-state index is 13.2. The summed E-state index contributed by atoms with van der Waals surface area (Å²) in [5.41, 5.74) is 4.41. The molecule has 2 aliphatic rings. The third-order valence-corrected chi connectivity index (χ3v) is 7.28. The summed E-state index contributed by atoms with van der Waals surface area (Å²) in [5, 5.41) is 2.43. The summed E-state index contributed by atoms with van der Waals surface area (Å²) < 4.78 is 12.9. The van der Waals surface area contributed by atoms with Gasteiger partial charge in [-0.1, -0.05) is 0 Å². The molecule has 0 N–H and O–H groups in total. The maximum atomic E-state index is 13.2. The Morgan fingerprint density at radius 1 is 0.806 bits per heavy atom. The van der Waals surface area contributed by atoms with Gasteiger partial charge in [0.2, 0.25) is 0 Å². The van der Waals surface area contributed by atoms with E-state index in [0.717, 1.165) is 54.2 Å². The molecule has 2 heterocycles. The van der Waals surface area contributed by atoms with E-state index in [1.54, 1.807) is 12.1 Å². The first kappa shape index (κ1) is 24.0. The van der Waals surface area contributed by atoms with Gasteiger partial charge in [0.05, 0.1) is 16.4 Å². The van der Waals surface area contributed by atoms with Crippen LogP contribution in [0.15, 0.2) is 59.6 Å². The van der Waals surface area contributed by atoms with Crippen molar-refractivity contribution < 1.29 is 14.3 Å². The Labute approximate surface area is 217 Å². The van der Waals surface area contributed by atoms with Crippen LogP contribution in [0.2, 0.25) is 0 Å². The quantitative estimate of drug-likeness (QED) is 0.205. The number of aliphatic imine (C=N–C) groups is 1. The summed E-state index contributed by atoms with van der Waals surface area (Å²) in [6.07, 6.45) is 0. The van der Waals surface area contributed by atoms with E-state index in [1.807, 2.05) is 30.3 Å². The Morgan fingerprint density at radius 2 is 1.36 bits per heavy atom. The third kappa shape index (κ3) is 3.58. The summed E-state index contributed by atoms with van der Waals surface area (Å²) in [7, 11) is 0. The molecule has 36 heavy (non-hydrogen) atoms. The Kier molecular flexibility index (Phi) is 6.29. The number of anilines is 2. The Balaban J connectivity index is 1.79. The molecule has 0 aromatic heterocycles. The van der Waals surface area contributed by atoms with Gasteiger partial charge in [-0.2, -0.15) is 4.99 Å². The second kappa shape index (κ2) is 9.41.